The van der Waals surface area contributed by atoms with Crippen LogP contribution in [-0.4, -0.2) is 24.3 Å². The molecule has 0 amide bonds. The molecule has 0 bridgehead atoms. The molecule has 0 saturated carbocycles. The van der Waals surface area contributed by atoms with Crippen LogP contribution in [0.3, 0.4) is 0 Å². The van der Waals surface area contributed by atoms with E-state index >= 15 is 0 Å². The van der Waals surface area contributed by atoms with Gasteiger partial charge in [-0.05, 0) is 18.1 Å². The SMILES string of the molecule is CCCN(Cc1ccccc1)S(=O)(=O)c1ccc(=O)[nH]c1. The Morgan fingerprint density at radius 1 is 1.10 bits per heavy atom. The summed E-state index contributed by atoms with van der Waals surface area (Å²) in [4.78, 5) is 13.6. The minimum atomic E-state index is -3.61. The van der Waals surface area contributed by atoms with Gasteiger partial charge in [-0.3, -0.25) is 4.79 Å². The highest BCUT2D eigenvalue weighted by molar-refractivity contribution is 7.89. The average molecular weight is 306 g/mol. The van der Waals surface area contributed by atoms with Crippen molar-refractivity contribution in [2.24, 2.45) is 0 Å². The smallest absolute Gasteiger partial charge is 0.247 e. The monoisotopic (exact) mass is 306 g/mol. The number of aromatic nitrogens is 1. The molecule has 1 heterocycles. The number of rotatable bonds is 6. The van der Waals surface area contributed by atoms with Gasteiger partial charge in [0.25, 0.3) is 0 Å². The van der Waals surface area contributed by atoms with Gasteiger partial charge in [0, 0.05) is 25.4 Å². The van der Waals surface area contributed by atoms with E-state index in [4.69, 9.17) is 0 Å². The Hall–Kier alpha value is -1.92. The van der Waals surface area contributed by atoms with Crippen molar-refractivity contribution in [1.82, 2.24) is 9.29 Å². The molecule has 112 valence electrons. The summed E-state index contributed by atoms with van der Waals surface area (Å²) in [5.74, 6) is 0. The van der Waals surface area contributed by atoms with Gasteiger partial charge in [0.1, 0.15) is 0 Å². The first-order chi connectivity index (χ1) is 10.0. The Kier molecular flexibility index (Phi) is 4.93. The van der Waals surface area contributed by atoms with Gasteiger partial charge in [-0.1, -0.05) is 37.3 Å². The summed E-state index contributed by atoms with van der Waals surface area (Å²) in [5.41, 5.74) is 0.609. The van der Waals surface area contributed by atoms with Crippen molar-refractivity contribution in [3.63, 3.8) is 0 Å². The molecule has 0 spiro atoms. The number of nitrogens with one attached hydrogen (secondary N) is 1. The largest absolute Gasteiger partial charge is 0.328 e. The second kappa shape index (κ2) is 6.69. The Morgan fingerprint density at radius 3 is 2.38 bits per heavy atom. The van der Waals surface area contributed by atoms with Crippen LogP contribution in [0.4, 0.5) is 0 Å². The molecule has 0 atom stereocenters. The third-order valence-corrected chi connectivity index (χ3v) is 4.91. The first-order valence-corrected chi connectivity index (χ1v) is 8.21. The van der Waals surface area contributed by atoms with Crippen LogP contribution in [0.5, 0.6) is 0 Å². The fourth-order valence-corrected chi connectivity index (χ4v) is 3.51. The van der Waals surface area contributed by atoms with Crippen LogP contribution in [0.25, 0.3) is 0 Å². The minimum Gasteiger partial charge on any atom is -0.328 e. The maximum atomic E-state index is 12.6. The van der Waals surface area contributed by atoms with E-state index in [1.54, 1.807) is 0 Å². The van der Waals surface area contributed by atoms with Crippen LogP contribution in [0, 0.1) is 0 Å². The van der Waals surface area contributed by atoms with Crippen LogP contribution < -0.4 is 5.56 Å². The van der Waals surface area contributed by atoms with Crippen molar-refractivity contribution in [1.29, 1.82) is 0 Å². The van der Waals surface area contributed by atoms with Crippen molar-refractivity contribution in [2.45, 2.75) is 24.8 Å². The molecule has 0 fully saturated rings. The molecule has 6 heteroatoms. The van der Waals surface area contributed by atoms with Crippen molar-refractivity contribution in [2.75, 3.05) is 6.54 Å². The molecule has 2 rings (SSSR count). The van der Waals surface area contributed by atoms with Crippen molar-refractivity contribution >= 4 is 10.0 Å². The number of hydrogen-bond acceptors (Lipinski definition) is 3. The Bertz CT molecular complexity index is 719. The molecule has 0 saturated heterocycles. The quantitative estimate of drug-likeness (QED) is 0.887. The van der Waals surface area contributed by atoms with Crippen molar-refractivity contribution in [3.8, 4) is 0 Å². The molecule has 0 aliphatic rings. The molecular weight excluding hydrogens is 288 g/mol. The molecule has 0 radical (unpaired) electrons. The minimum absolute atomic E-state index is 0.103. The summed E-state index contributed by atoms with van der Waals surface area (Å²) in [7, 11) is -3.61. The summed E-state index contributed by atoms with van der Waals surface area (Å²) in [6.07, 6.45) is 1.96. The highest BCUT2D eigenvalue weighted by Gasteiger charge is 2.24. The number of benzene rings is 1. The third-order valence-electron chi connectivity index (χ3n) is 3.07. The topological polar surface area (TPSA) is 70.2 Å². The van der Waals surface area contributed by atoms with E-state index in [1.807, 2.05) is 37.3 Å². The average Bonchev–Trinajstić information content (AvgIpc) is 2.48. The summed E-state index contributed by atoms with van der Waals surface area (Å²) in [6, 6.07) is 12.0. The molecular formula is C15H18N2O3S. The van der Waals surface area contributed by atoms with E-state index < -0.39 is 10.0 Å². The Labute approximate surface area is 124 Å². The van der Waals surface area contributed by atoms with Gasteiger partial charge in [0.2, 0.25) is 15.6 Å². The normalized spacial score (nSPS) is 11.7. The van der Waals surface area contributed by atoms with E-state index in [0.717, 1.165) is 12.0 Å². The molecule has 0 aliphatic heterocycles. The summed E-state index contributed by atoms with van der Waals surface area (Å²) in [5, 5.41) is 0. The lowest BCUT2D eigenvalue weighted by atomic mass is 10.2. The van der Waals surface area contributed by atoms with E-state index in [0.29, 0.717) is 13.1 Å². The predicted octanol–water partition coefficient (Wildman–Crippen LogP) is 1.98. The highest BCUT2D eigenvalue weighted by atomic mass is 32.2. The van der Waals surface area contributed by atoms with E-state index in [2.05, 4.69) is 4.98 Å². The zero-order valence-corrected chi connectivity index (χ0v) is 12.6. The second-order valence-corrected chi connectivity index (χ2v) is 6.65. The van der Waals surface area contributed by atoms with E-state index in [9.17, 15) is 13.2 Å². The molecule has 1 N–H and O–H groups in total. The van der Waals surface area contributed by atoms with Gasteiger partial charge in [-0.15, -0.1) is 0 Å². The van der Waals surface area contributed by atoms with Gasteiger partial charge >= 0.3 is 0 Å². The lowest BCUT2D eigenvalue weighted by Gasteiger charge is -2.21. The molecule has 1 aromatic heterocycles. The van der Waals surface area contributed by atoms with Crippen LogP contribution in [-0.2, 0) is 16.6 Å². The van der Waals surface area contributed by atoms with Gasteiger partial charge in [0.05, 0.1) is 4.90 Å². The van der Waals surface area contributed by atoms with Gasteiger partial charge in [0.15, 0.2) is 0 Å². The van der Waals surface area contributed by atoms with Gasteiger partial charge in [-0.2, -0.15) is 4.31 Å². The summed E-state index contributed by atoms with van der Waals surface area (Å²) < 4.78 is 26.7. The summed E-state index contributed by atoms with van der Waals surface area (Å²) in [6.45, 7) is 2.67. The first-order valence-electron chi connectivity index (χ1n) is 6.77. The maximum Gasteiger partial charge on any atom is 0.247 e. The molecule has 5 nitrogen and oxygen atoms in total. The van der Waals surface area contributed by atoms with Crippen LogP contribution >= 0.6 is 0 Å². The fraction of sp³-hybridized carbons (Fsp3) is 0.267. The van der Waals surface area contributed by atoms with Crippen molar-refractivity contribution < 1.29 is 8.42 Å². The van der Waals surface area contributed by atoms with E-state index in [1.165, 1.54) is 22.6 Å². The maximum absolute atomic E-state index is 12.6. The highest BCUT2D eigenvalue weighted by Crippen LogP contribution is 2.17. The third kappa shape index (κ3) is 3.80. The standard InChI is InChI=1S/C15H18N2O3S/c1-2-10-17(12-13-6-4-3-5-7-13)21(19,20)14-8-9-15(18)16-11-14/h3-9,11H,2,10,12H2,1H3,(H,16,18). The van der Waals surface area contributed by atoms with E-state index in [-0.39, 0.29) is 10.5 Å². The molecule has 2 aromatic rings. The number of nitrogens with zero attached hydrogens (tertiary/aromatic N) is 1. The second-order valence-electron chi connectivity index (χ2n) is 4.71. The number of H-pyrrole nitrogens is 1. The van der Waals surface area contributed by atoms with Gasteiger partial charge in [-0.25, -0.2) is 8.42 Å². The number of sulfonamides is 1. The molecule has 21 heavy (non-hydrogen) atoms. The van der Waals surface area contributed by atoms with Crippen LogP contribution in [0.2, 0.25) is 0 Å². The predicted molar refractivity (Wildman–Crippen MR) is 81.4 cm³/mol. The molecule has 1 aromatic carbocycles. The van der Waals surface area contributed by atoms with Crippen LogP contribution in [0.15, 0.2) is 58.4 Å². The lowest BCUT2D eigenvalue weighted by Crippen LogP contribution is -2.31. The number of pyridine rings is 1. The van der Waals surface area contributed by atoms with Crippen LogP contribution in [0.1, 0.15) is 18.9 Å². The molecule has 0 unspecified atom stereocenters. The van der Waals surface area contributed by atoms with Crippen molar-refractivity contribution in [3.05, 3.63) is 64.6 Å². The fourth-order valence-electron chi connectivity index (χ4n) is 2.03. The first kappa shape index (κ1) is 15.5. The number of aromatic amines is 1. The molecule has 0 aliphatic carbocycles. The number of hydrogen-bond donors (Lipinski definition) is 1. The Morgan fingerprint density at radius 2 is 1.81 bits per heavy atom. The van der Waals surface area contributed by atoms with Gasteiger partial charge < -0.3 is 4.98 Å². The zero-order chi connectivity index (χ0) is 15.3. The summed E-state index contributed by atoms with van der Waals surface area (Å²) >= 11 is 0. The Balaban J connectivity index is 2.32. The lowest BCUT2D eigenvalue weighted by molar-refractivity contribution is 0.405. The zero-order valence-electron chi connectivity index (χ0n) is 11.8.